The molecule has 2 fully saturated rings. The van der Waals surface area contributed by atoms with Gasteiger partial charge >= 0.3 is 0 Å². The van der Waals surface area contributed by atoms with E-state index in [0.717, 1.165) is 44.1 Å². The van der Waals surface area contributed by atoms with E-state index in [1.165, 1.54) is 38.8 Å². The minimum absolute atomic E-state index is 0.174. The highest BCUT2D eigenvalue weighted by molar-refractivity contribution is 5.79. The first kappa shape index (κ1) is 21.8. The number of rotatable bonds is 7. The minimum Gasteiger partial charge on any atom is -0.378 e. The minimum atomic E-state index is -0.174. The second-order valence-electron chi connectivity index (χ2n) is 7.85. The highest BCUT2D eigenvalue weighted by atomic mass is 19.1. The predicted octanol–water partition coefficient (Wildman–Crippen LogP) is 2.59. The topological polar surface area (TPSA) is 52.1 Å². The molecule has 6 nitrogen and oxygen atoms in total. The Morgan fingerprint density at radius 1 is 1.07 bits per heavy atom. The first-order valence-corrected chi connectivity index (χ1v) is 11.0. The van der Waals surface area contributed by atoms with Crippen LogP contribution in [0, 0.1) is 5.82 Å². The molecule has 0 atom stereocenters. The number of ether oxygens (including phenoxy) is 1. The lowest BCUT2D eigenvalue weighted by Gasteiger charge is -2.29. The Morgan fingerprint density at radius 2 is 1.83 bits per heavy atom. The van der Waals surface area contributed by atoms with E-state index in [1.54, 1.807) is 13.1 Å². The number of guanidine groups is 1. The van der Waals surface area contributed by atoms with Crippen LogP contribution in [0.2, 0.25) is 0 Å². The van der Waals surface area contributed by atoms with Crippen LogP contribution in [0.15, 0.2) is 23.2 Å². The van der Waals surface area contributed by atoms with Gasteiger partial charge in [0, 0.05) is 33.2 Å². The van der Waals surface area contributed by atoms with Crippen molar-refractivity contribution >= 4 is 11.6 Å². The van der Waals surface area contributed by atoms with Gasteiger partial charge in [0.05, 0.1) is 18.9 Å². The molecule has 2 aliphatic heterocycles. The monoisotopic (exact) mass is 405 g/mol. The molecule has 1 aromatic rings. The van der Waals surface area contributed by atoms with Crippen molar-refractivity contribution in [3.8, 4) is 0 Å². The zero-order chi connectivity index (χ0) is 20.3. The van der Waals surface area contributed by atoms with Crippen molar-refractivity contribution in [2.45, 2.75) is 38.6 Å². The molecule has 3 rings (SSSR count). The molecule has 2 aliphatic rings. The zero-order valence-electron chi connectivity index (χ0n) is 17.8. The molecule has 7 heteroatoms. The number of benzene rings is 1. The summed E-state index contributed by atoms with van der Waals surface area (Å²) in [5.74, 6) is 0.588. The number of anilines is 1. The maximum absolute atomic E-state index is 14.5. The third kappa shape index (κ3) is 7.16. The van der Waals surface area contributed by atoms with E-state index in [1.807, 2.05) is 17.0 Å². The Bertz CT molecular complexity index is 640. The SMILES string of the molecule is CN=C(NCCCN1CCCCCC1)NCc1ccc(N2CCOCC2)c(F)c1. The fraction of sp³-hybridized carbons (Fsp3) is 0.682. The standard InChI is InChI=1S/C22H36FN5O/c1-24-22(25-9-6-12-27-10-4-2-3-5-11-27)26-18-19-7-8-21(20(23)17-19)28-13-15-29-16-14-28/h7-8,17H,2-6,9-16,18H2,1H3,(H2,24,25,26). The summed E-state index contributed by atoms with van der Waals surface area (Å²) in [5, 5.41) is 6.65. The molecule has 0 spiro atoms. The molecule has 0 unspecified atom stereocenters. The summed E-state index contributed by atoms with van der Waals surface area (Å²) >= 11 is 0. The number of hydrogen-bond acceptors (Lipinski definition) is 4. The van der Waals surface area contributed by atoms with Gasteiger partial charge in [0.2, 0.25) is 0 Å². The lowest BCUT2D eigenvalue weighted by molar-refractivity contribution is 0.122. The van der Waals surface area contributed by atoms with Gasteiger partial charge in [-0.3, -0.25) is 4.99 Å². The number of morpholine rings is 1. The Kier molecular flexibility index (Phi) is 9.02. The van der Waals surface area contributed by atoms with E-state index in [9.17, 15) is 4.39 Å². The largest absolute Gasteiger partial charge is 0.378 e. The Balaban J connectivity index is 1.39. The fourth-order valence-corrected chi connectivity index (χ4v) is 4.00. The van der Waals surface area contributed by atoms with Crippen LogP contribution in [-0.4, -0.2) is 70.4 Å². The van der Waals surface area contributed by atoms with Crippen LogP contribution in [0.5, 0.6) is 0 Å². The molecule has 29 heavy (non-hydrogen) atoms. The average Bonchev–Trinajstić information content (AvgIpc) is 3.03. The Labute approximate surface area is 174 Å². The fourth-order valence-electron chi connectivity index (χ4n) is 4.00. The molecule has 0 aromatic heterocycles. The molecule has 1 aromatic carbocycles. The van der Waals surface area contributed by atoms with Crippen molar-refractivity contribution in [1.29, 1.82) is 0 Å². The third-order valence-electron chi connectivity index (χ3n) is 5.69. The zero-order valence-corrected chi connectivity index (χ0v) is 17.8. The summed E-state index contributed by atoms with van der Waals surface area (Å²) in [6.07, 6.45) is 6.51. The molecule has 0 saturated carbocycles. The van der Waals surface area contributed by atoms with Gasteiger partial charge in [0.15, 0.2) is 5.96 Å². The predicted molar refractivity (Wildman–Crippen MR) is 117 cm³/mol. The van der Waals surface area contributed by atoms with E-state index in [-0.39, 0.29) is 5.82 Å². The summed E-state index contributed by atoms with van der Waals surface area (Å²) in [4.78, 5) is 8.90. The summed E-state index contributed by atoms with van der Waals surface area (Å²) in [6.45, 7) is 7.83. The van der Waals surface area contributed by atoms with Crippen LogP contribution in [-0.2, 0) is 11.3 Å². The molecule has 0 aliphatic carbocycles. The second kappa shape index (κ2) is 12.0. The number of nitrogens with zero attached hydrogens (tertiary/aromatic N) is 3. The van der Waals surface area contributed by atoms with Gasteiger partial charge in [-0.1, -0.05) is 18.9 Å². The van der Waals surface area contributed by atoms with Gasteiger partial charge in [0.1, 0.15) is 5.82 Å². The smallest absolute Gasteiger partial charge is 0.191 e. The number of halogens is 1. The number of aliphatic imine (C=N–C) groups is 1. The van der Waals surface area contributed by atoms with Crippen LogP contribution < -0.4 is 15.5 Å². The van der Waals surface area contributed by atoms with Crippen molar-refractivity contribution < 1.29 is 9.13 Å². The van der Waals surface area contributed by atoms with E-state index in [2.05, 4.69) is 20.5 Å². The molecular weight excluding hydrogens is 369 g/mol. The van der Waals surface area contributed by atoms with Crippen LogP contribution >= 0.6 is 0 Å². The maximum Gasteiger partial charge on any atom is 0.191 e. The molecule has 0 radical (unpaired) electrons. The highest BCUT2D eigenvalue weighted by Crippen LogP contribution is 2.21. The van der Waals surface area contributed by atoms with Gasteiger partial charge in [-0.25, -0.2) is 4.39 Å². The Morgan fingerprint density at radius 3 is 2.52 bits per heavy atom. The molecule has 0 bridgehead atoms. The third-order valence-corrected chi connectivity index (χ3v) is 5.69. The normalized spacial score (nSPS) is 19.1. The van der Waals surface area contributed by atoms with Gasteiger partial charge in [-0.05, 0) is 56.6 Å². The molecule has 2 saturated heterocycles. The number of hydrogen-bond donors (Lipinski definition) is 2. The number of nitrogens with one attached hydrogen (secondary N) is 2. The van der Waals surface area contributed by atoms with Crippen molar-refractivity contribution in [2.24, 2.45) is 4.99 Å². The summed E-state index contributed by atoms with van der Waals surface area (Å²) < 4.78 is 19.9. The number of likely N-dealkylation sites (tertiary alicyclic amines) is 1. The van der Waals surface area contributed by atoms with Crippen molar-refractivity contribution in [3.05, 3.63) is 29.6 Å². The van der Waals surface area contributed by atoms with Crippen LogP contribution in [0.25, 0.3) is 0 Å². The summed E-state index contributed by atoms with van der Waals surface area (Å²) in [7, 11) is 1.77. The van der Waals surface area contributed by atoms with Gasteiger partial charge in [-0.2, -0.15) is 0 Å². The van der Waals surface area contributed by atoms with E-state index < -0.39 is 0 Å². The average molecular weight is 406 g/mol. The lowest BCUT2D eigenvalue weighted by atomic mass is 10.1. The quantitative estimate of drug-likeness (QED) is 0.415. The van der Waals surface area contributed by atoms with Crippen molar-refractivity contribution in [3.63, 3.8) is 0 Å². The lowest BCUT2D eigenvalue weighted by Crippen LogP contribution is -2.38. The Hall–Kier alpha value is -1.86. The van der Waals surface area contributed by atoms with E-state index in [4.69, 9.17) is 4.74 Å². The van der Waals surface area contributed by atoms with Gasteiger partial charge < -0.3 is 25.2 Å². The molecule has 2 N–H and O–H groups in total. The first-order valence-electron chi connectivity index (χ1n) is 11.0. The van der Waals surface area contributed by atoms with Crippen LogP contribution in [0.3, 0.4) is 0 Å². The molecule has 162 valence electrons. The molecule has 2 heterocycles. The first-order chi connectivity index (χ1) is 14.3. The highest BCUT2D eigenvalue weighted by Gasteiger charge is 2.15. The van der Waals surface area contributed by atoms with Crippen LogP contribution in [0.1, 0.15) is 37.7 Å². The summed E-state index contributed by atoms with van der Waals surface area (Å²) in [6, 6.07) is 5.47. The van der Waals surface area contributed by atoms with Crippen molar-refractivity contribution in [2.75, 3.05) is 64.4 Å². The van der Waals surface area contributed by atoms with E-state index in [0.29, 0.717) is 25.4 Å². The van der Waals surface area contributed by atoms with Gasteiger partial charge in [0.25, 0.3) is 0 Å². The summed E-state index contributed by atoms with van der Waals surface area (Å²) in [5.41, 5.74) is 1.57. The molecular formula is C22H36FN5O. The van der Waals surface area contributed by atoms with Crippen LogP contribution in [0.4, 0.5) is 10.1 Å². The molecule has 0 amide bonds. The van der Waals surface area contributed by atoms with Gasteiger partial charge in [-0.15, -0.1) is 0 Å². The van der Waals surface area contributed by atoms with E-state index >= 15 is 0 Å². The maximum atomic E-state index is 14.5. The van der Waals surface area contributed by atoms with Crippen molar-refractivity contribution in [1.82, 2.24) is 15.5 Å². The second-order valence-corrected chi connectivity index (χ2v) is 7.85.